The molecule has 3 fully saturated rings. The number of nitrogens with one attached hydrogen (secondary N) is 1. The molecule has 9 nitrogen and oxygen atoms in total. The molecule has 0 bridgehead atoms. The third-order valence-electron chi connectivity index (χ3n) is 8.24. The SMILES string of the molecule is O=S(=O)(N[C@H]1CC2=C(c3ccn(C(F)F)n3)[C@H](c3ccc(F)cc3Cl)N=C(c3nccs3)N2C1)N1CCC2(CC2)C1. The summed E-state index contributed by atoms with van der Waals surface area (Å²) < 4.78 is 72.9. The van der Waals surface area contributed by atoms with Gasteiger partial charge in [0.1, 0.15) is 11.9 Å². The fraction of sp³-hybridized carbons (Fsp3) is 0.423. The molecule has 7 rings (SSSR count). The zero-order chi connectivity index (χ0) is 28.5. The molecule has 5 heterocycles. The summed E-state index contributed by atoms with van der Waals surface area (Å²) in [5.41, 5.74) is 2.01. The molecule has 41 heavy (non-hydrogen) atoms. The Labute approximate surface area is 243 Å². The largest absolute Gasteiger partial charge is 0.333 e. The van der Waals surface area contributed by atoms with E-state index < -0.39 is 34.7 Å². The monoisotopic (exact) mass is 623 g/mol. The van der Waals surface area contributed by atoms with Gasteiger partial charge in [-0.25, -0.2) is 14.1 Å². The lowest BCUT2D eigenvalue weighted by Gasteiger charge is -2.32. The van der Waals surface area contributed by atoms with Gasteiger partial charge in [-0.3, -0.25) is 4.99 Å². The van der Waals surface area contributed by atoms with Crippen LogP contribution in [0.5, 0.6) is 0 Å². The molecule has 1 spiro atoms. The first-order valence-electron chi connectivity index (χ1n) is 13.2. The Hall–Kier alpha value is -2.78. The fourth-order valence-corrected chi connectivity index (χ4v) is 8.42. The zero-order valence-electron chi connectivity index (χ0n) is 21.6. The standard InChI is InChI=1S/C26H25ClF3N7O2S2/c27-18-11-15(28)1-2-17(18)22-21(19-3-8-37(33-19)25(29)30)20-12-16(13-36(20)23(32-22)24-31-7-10-40-24)34-41(38,39)35-9-6-26(14-35)4-5-26/h1-3,7-8,10-11,16,22,25,34H,4-6,9,12-14H2/t16-,22-/m0/s1. The fourth-order valence-electron chi connectivity index (χ4n) is 6.00. The molecular weight excluding hydrogens is 599 g/mol. The predicted octanol–water partition coefficient (Wildman–Crippen LogP) is 4.83. The number of hydrogen-bond acceptors (Lipinski definition) is 7. The van der Waals surface area contributed by atoms with Gasteiger partial charge in [-0.05, 0) is 42.9 Å². The maximum Gasteiger partial charge on any atom is 0.333 e. The highest BCUT2D eigenvalue weighted by atomic mass is 35.5. The second kappa shape index (κ2) is 9.90. The van der Waals surface area contributed by atoms with E-state index in [1.54, 1.807) is 11.6 Å². The molecule has 4 aliphatic rings. The van der Waals surface area contributed by atoms with E-state index in [0.29, 0.717) is 45.4 Å². The normalized spacial score (nSPS) is 24.0. The Balaban J connectivity index is 1.32. The Morgan fingerprint density at radius 1 is 1.20 bits per heavy atom. The lowest BCUT2D eigenvalue weighted by Crippen LogP contribution is -2.46. The minimum atomic E-state index is -3.76. The zero-order valence-corrected chi connectivity index (χ0v) is 23.9. The van der Waals surface area contributed by atoms with Gasteiger partial charge in [-0.1, -0.05) is 17.7 Å². The lowest BCUT2D eigenvalue weighted by atomic mass is 9.92. The molecule has 1 N–H and O–H groups in total. The molecule has 2 saturated heterocycles. The highest BCUT2D eigenvalue weighted by Crippen LogP contribution is 2.53. The van der Waals surface area contributed by atoms with E-state index in [0.717, 1.165) is 19.3 Å². The van der Waals surface area contributed by atoms with Crippen molar-refractivity contribution < 1.29 is 21.6 Å². The smallest absolute Gasteiger partial charge is 0.326 e. The molecule has 2 aromatic heterocycles. The summed E-state index contributed by atoms with van der Waals surface area (Å²) in [5, 5.41) is 6.65. The van der Waals surface area contributed by atoms with Crippen LogP contribution in [0.4, 0.5) is 13.2 Å². The summed E-state index contributed by atoms with van der Waals surface area (Å²) in [6.07, 6.45) is 6.06. The molecular formula is C26H25ClF3N7O2S2. The number of hydrogen-bond donors (Lipinski definition) is 1. The number of halogens is 4. The van der Waals surface area contributed by atoms with Crippen molar-refractivity contribution in [2.24, 2.45) is 10.4 Å². The Morgan fingerprint density at radius 3 is 2.68 bits per heavy atom. The van der Waals surface area contributed by atoms with Gasteiger partial charge in [0, 0.05) is 71.7 Å². The van der Waals surface area contributed by atoms with E-state index in [1.807, 2.05) is 4.90 Å². The van der Waals surface area contributed by atoms with Gasteiger partial charge in [0.2, 0.25) is 0 Å². The second-order valence-corrected chi connectivity index (χ2v) is 13.9. The van der Waals surface area contributed by atoms with Crippen molar-refractivity contribution >= 4 is 44.6 Å². The van der Waals surface area contributed by atoms with Crippen LogP contribution in [0, 0.1) is 11.2 Å². The number of benzene rings is 1. The average Bonchev–Trinajstić information content (AvgIpc) is 3.45. The number of nitrogens with zero attached hydrogens (tertiary/aromatic N) is 6. The van der Waals surface area contributed by atoms with E-state index >= 15 is 0 Å². The van der Waals surface area contributed by atoms with Crippen LogP contribution in [-0.2, 0) is 10.2 Å². The van der Waals surface area contributed by atoms with Crippen molar-refractivity contribution in [1.29, 1.82) is 0 Å². The third kappa shape index (κ3) is 4.88. The maximum atomic E-state index is 14.0. The summed E-state index contributed by atoms with van der Waals surface area (Å²) in [6.45, 7) is -1.58. The van der Waals surface area contributed by atoms with Crippen molar-refractivity contribution in [2.75, 3.05) is 19.6 Å². The average molecular weight is 624 g/mol. The molecule has 0 amide bonds. The number of thiazole rings is 1. The Kier molecular flexibility index (Phi) is 6.54. The Bertz CT molecular complexity index is 1670. The first-order chi connectivity index (χ1) is 19.6. The first kappa shape index (κ1) is 27.1. The molecule has 1 aromatic carbocycles. The van der Waals surface area contributed by atoms with Crippen LogP contribution < -0.4 is 4.72 Å². The van der Waals surface area contributed by atoms with E-state index in [-0.39, 0.29) is 29.1 Å². The van der Waals surface area contributed by atoms with Crippen LogP contribution >= 0.6 is 22.9 Å². The van der Waals surface area contributed by atoms with Gasteiger partial charge >= 0.3 is 6.55 Å². The van der Waals surface area contributed by atoms with Gasteiger partial charge < -0.3 is 4.90 Å². The number of fused-ring (bicyclic) bond motifs is 1. The number of aliphatic imine (C=N–C) groups is 1. The van der Waals surface area contributed by atoms with Gasteiger partial charge in [-0.2, -0.15) is 31.3 Å². The number of alkyl halides is 2. The summed E-state index contributed by atoms with van der Waals surface area (Å²) in [7, 11) is -3.76. The minimum absolute atomic E-state index is 0.121. The van der Waals surface area contributed by atoms with Crippen molar-refractivity contribution in [2.45, 2.75) is 44.3 Å². The van der Waals surface area contributed by atoms with Gasteiger partial charge in [0.25, 0.3) is 10.2 Å². The molecule has 1 saturated carbocycles. The number of amidine groups is 1. The first-order valence-corrected chi connectivity index (χ1v) is 15.9. The molecule has 216 valence electrons. The molecule has 2 atom stereocenters. The second-order valence-electron chi connectivity index (χ2n) is 10.9. The number of rotatable bonds is 7. The molecule has 15 heteroatoms. The van der Waals surface area contributed by atoms with Crippen molar-refractivity contribution in [3.63, 3.8) is 0 Å². The van der Waals surface area contributed by atoms with Crippen LogP contribution in [0.2, 0.25) is 5.02 Å². The van der Waals surface area contributed by atoms with Crippen LogP contribution in [0.3, 0.4) is 0 Å². The lowest BCUT2D eigenvalue weighted by molar-refractivity contribution is 0.0564. The highest BCUT2D eigenvalue weighted by Gasteiger charge is 2.51. The van der Waals surface area contributed by atoms with Gasteiger partial charge in [0.15, 0.2) is 10.8 Å². The highest BCUT2D eigenvalue weighted by molar-refractivity contribution is 7.87. The van der Waals surface area contributed by atoms with Crippen molar-refractivity contribution in [1.82, 2.24) is 28.7 Å². The number of aromatic nitrogens is 3. The molecule has 0 radical (unpaired) electrons. The topological polar surface area (TPSA) is 95.7 Å². The minimum Gasteiger partial charge on any atom is -0.326 e. The van der Waals surface area contributed by atoms with Crippen molar-refractivity contribution in [3.05, 3.63) is 74.8 Å². The van der Waals surface area contributed by atoms with E-state index in [9.17, 15) is 21.6 Å². The molecule has 1 aliphatic carbocycles. The van der Waals surface area contributed by atoms with Gasteiger partial charge in [0.05, 0.1) is 5.69 Å². The molecule has 3 aromatic rings. The summed E-state index contributed by atoms with van der Waals surface area (Å²) >= 11 is 7.87. The van der Waals surface area contributed by atoms with Crippen LogP contribution in [0.15, 0.2) is 52.7 Å². The summed E-state index contributed by atoms with van der Waals surface area (Å²) in [6, 6.07) is 4.08. The Morgan fingerprint density at radius 2 is 2.02 bits per heavy atom. The van der Waals surface area contributed by atoms with E-state index in [2.05, 4.69) is 14.8 Å². The quantitative estimate of drug-likeness (QED) is 0.407. The summed E-state index contributed by atoms with van der Waals surface area (Å²) in [5.74, 6) is -0.0287. The summed E-state index contributed by atoms with van der Waals surface area (Å²) in [4.78, 5) is 11.3. The van der Waals surface area contributed by atoms with Crippen molar-refractivity contribution in [3.8, 4) is 0 Å². The third-order valence-corrected chi connectivity index (χ3v) is 11.0. The maximum absolute atomic E-state index is 14.0. The van der Waals surface area contributed by atoms with Crippen LogP contribution in [-0.4, -0.2) is 63.9 Å². The predicted molar refractivity (Wildman–Crippen MR) is 148 cm³/mol. The van der Waals surface area contributed by atoms with E-state index in [1.165, 1.54) is 46.1 Å². The van der Waals surface area contributed by atoms with Crippen LogP contribution in [0.1, 0.15) is 54.5 Å². The van der Waals surface area contributed by atoms with Gasteiger partial charge in [-0.15, -0.1) is 11.3 Å². The van der Waals surface area contributed by atoms with Crippen LogP contribution in [0.25, 0.3) is 5.57 Å². The van der Waals surface area contributed by atoms with E-state index in [4.69, 9.17) is 16.6 Å². The molecule has 0 unspecified atom stereocenters. The molecule has 3 aliphatic heterocycles.